The van der Waals surface area contributed by atoms with Crippen molar-refractivity contribution < 1.29 is 37.6 Å². The van der Waals surface area contributed by atoms with E-state index >= 15 is 0 Å². The van der Waals surface area contributed by atoms with Gasteiger partial charge in [-0.15, -0.1) is 0 Å². The molecule has 0 aliphatic heterocycles. The average Bonchev–Trinajstić information content (AvgIpc) is 2.53. The van der Waals surface area contributed by atoms with Gasteiger partial charge in [0.15, 0.2) is 0 Å². The Balaban J connectivity index is 3.25. The molecule has 1 rings (SSSR count). The molecule has 0 saturated carbocycles. The summed E-state index contributed by atoms with van der Waals surface area (Å²) >= 11 is 5.84. The summed E-state index contributed by atoms with van der Waals surface area (Å²) in [5.74, 6) is -2.77. The number of methoxy groups -OCH3 is 1. The summed E-state index contributed by atoms with van der Waals surface area (Å²) in [5.41, 5.74) is -3.50. The summed E-state index contributed by atoms with van der Waals surface area (Å²) in [6, 6.07) is 5.56. The van der Waals surface area contributed by atoms with Crippen molar-refractivity contribution in [1.82, 2.24) is 5.32 Å². The SMILES string of the molecule is CCOC(=O)[C@@](NC(=O)c1ccccc1Cl)([NH2+]CCOC)C(F)(F)F. The van der Waals surface area contributed by atoms with Crippen molar-refractivity contribution in [3.63, 3.8) is 0 Å². The van der Waals surface area contributed by atoms with E-state index in [2.05, 4.69) is 4.74 Å². The van der Waals surface area contributed by atoms with E-state index < -0.39 is 23.7 Å². The number of esters is 1. The first-order valence-electron chi connectivity index (χ1n) is 7.34. The molecule has 3 N–H and O–H groups in total. The van der Waals surface area contributed by atoms with Gasteiger partial charge in [-0.05, 0) is 19.1 Å². The van der Waals surface area contributed by atoms with E-state index in [1.54, 1.807) is 5.32 Å². The van der Waals surface area contributed by atoms with E-state index in [-0.39, 0.29) is 30.3 Å². The molecule has 0 spiro atoms. The summed E-state index contributed by atoms with van der Waals surface area (Å²) in [4.78, 5) is 24.4. The van der Waals surface area contributed by atoms with Crippen LogP contribution < -0.4 is 10.6 Å². The molecule has 6 nitrogen and oxygen atoms in total. The predicted octanol–water partition coefficient (Wildman–Crippen LogP) is 1.10. The summed E-state index contributed by atoms with van der Waals surface area (Å²) in [6.45, 7) is 0.775. The maximum Gasteiger partial charge on any atom is 0.478 e. The Hall–Kier alpha value is -1.84. The summed E-state index contributed by atoms with van der Waals surface area (Å²) in [7, 11) is 1.30. The third kappa shape index (κ3) is 5.07. The van der Waals surface area contributed by atoms with Crippen LogP contribution in [0.25, 0.3) is 0 Å². The van der Waals surface area contributed by atoms with Crippen molar-refractivity contribution in [2.75, 3.05) is 26.9 Å². The Morgan fingerprint density at radius 1 is 1.28 bits per heavy atom. The first kappa shape index (κ1) is 21.2. The van der Waals surface area contributed by atoms with E-state index in [0.717, 1.165) is 0 Å². The van der Waals surface area contributed by atoms with Crippen molar-refractivity contribution in [2.45, 2.75) is 18.8 Å². The normalized spacial score (nSPS) is 13.8. The molecule has 1 aromatic carbocycles. The number of halogens is 4. The van der Waals surface area contributed by atoms with E-state index in [1.165, 1.54) is 38.3 Å². The molecule has 0 bridgehead atoms. The van der Waals surface area contributed by atoms with Crippen molar-refractivity contribution >= 4 is 23.5 Å². The fraction of sp³-hybridized carbons (Fsp3) is 0.467. The van der Waals surface area contributed by atoms with Crippen LogP contribution in [0.4, 0.5) is 13.2 Å². The molecule has 0 unspecified atom stereocenters. The van der Waals surface area contributed by atoms with E-state index in [9.17, 15) is 22.8 Å². The molecular formula is C15H19ClF3N2O4+. The zero-order valence-electron chi connectivity index (χ0n) is 13.7. The van der Waals surface area contributed by atoms with Gasteiger partial charge in [-0.1, -0.05) is 23.7 Å². The third-order valence-corrected chi connectivity index (χ3v) is 3.58. The molecule has 10 heteroatoms. The van der Waals surface area contributed by atoms with Gasteiger partial charge in [0.2, 0.25) is 0 Å². The summed E-state index contributed by atoms with van der Waals surface area (Å²) in [5, 5.41) is 2.32. The van der Waals surface area contributed by atoms with Crippen molar-refractivity contribution in [2.24, 2.45) is 0 Å². The quantitative estimate of drug-likeness (QED) is 0.400. The number of ether oxygens (including phenoxy) is 2. The minimum absolute atomic E-state index is 0.0446. The average molecular weight is 384 g/mol. The van der Waals surface area contributed by atoms with Crippen molar-refractivity contribution in [3.8, 4) is 0 Å². The highest BCUT2D eigenvalue weighted by Gasteiger charge is 2.67. The van der Waals surface area contributed by atoms with Crippen LogP contribution in [0.5, 0.6) is 0 Å². The van der Waals surface area contributed by atoms with Gasteiger partial charge in [0.1, 0.15) is 6.54 Å². The molecule has 0 aromatic heterocycles. The van der Waals surface area contributed by atoms with Gasteiger partial charge in [0.05, 0.1) is 23.8 Å². The number of benzene rings is 1. The van der Waals surface area contributed by atoms with Crippen molar-refractivity contribution in [1.29, 1.82) is 0 Å². The number of rotatable bonds is 8. The second-order valence-electron chi connectivity index (χ2n) is 4.95. The second-order valence-corrected chi connectivity index (χ2v) is 5.35. The molecule has 1 atom stereocenters. The van der Waals surface area contributed by atoms with Crippen LogP contribution in [0.3, 0.4) is 0 Å². The van der Waals surface area contributed by atoms with E-state index in [4.69, 9.17) is 16.3 Å². The molecule has 0 saturated heterocycles. The largest absolute Gasteiger partial charge is 0.478 e. The third-order valence-electron chi connectivity index (χ3n) is 3.25. The fourth-order valence-corrected chi connectivity index (χ4v) is 2.24. The lowest BCUT2D eigenvalue weighted by molar-refractivity contribution is -0.744. The summed E-state index contributed by atoms with van der Waals surface area (Å²) < 4.78 is 50.5. The standard InChI is InChI=1S/C15H18ClF3N2O4/c1-3-25-13(23)14(15(17,18)19,20-8-9-24-2)21-12(22)10-6-4-5-7-11(10)16/h4-7,20H,3,8-9H2,1-2H3,(H,21,22)/p+1/t14-/m0/s1. The lowest BCUT2D eigenvalue weighted by Gasteiger charge is -2.31. The molecule has 1 aromatic rings. The summed E-state index contributed by atoms with van der Waals surface area (Å²) in [6.07, 6.45) is -5.12. The van der Waals surface area contributed by atoms with Gasteiger partial charge < -0.3 is 14.8 Å². The molecule has 0 radical (unpaired) electrons. The van der Waals surface area contributed by atoms with Gasteiger partial charge in [-0.3, -0.25) is 10.1 Å². The minimum atomic E-state index is -5.12. The van der Waals surface area contributed by atoms with Gasteiger partial charge in [-0.25, -0.2) is 4.79 Å². The number of carbonyl (C=O) groups is 2. The maximum absolute atomic E-state index is 13.7. The molecule has 0 aliphatic carbocycles. The van der Waals surface area contributed by atoms with E-state index in [1.807, 2.05) is 0 Å². The van der Waals surface area contributed by atoms with E-state index in [0.29, 0.717) is 5.32 Å². The molecule has 0 heterocycles. The molecule has 140 valence electrons. The number of nitrogens with one attached hydrogen (secondary N) is 1. The Labute approximate surface area is 147 Å². The Morgan fingerprint density at radius 2 is 1.92 bits per heavy atom. The molecule has 25 heavy (non-hydrogen) atoms. The number of carbonyl (C=O) groups excluding carboxylic acids is 2. The van der Waals surface area contributed by atoms with Gasteiger partial charge in [0, 0.05) is 7.11 Å². The van der Waals surface area contributed by atoms with Crippen LogP contribution in [-0.2, 0) is 14.3 Å². The van der Waals surface area contributed by atoms with Crippen LogP contribution in [-0.4, -0.2) is 50.6 Å². The maximum atomic E-state index is 13.7. The van der Waals surface area contributed by atoms with Crippen LogP contribution >= 0.6 is 11.6 Å². The zero-order chi connectivity index (χ0) is 19.1. The molecular weight excluding hydrogens is 365 g/mol. The topological polar surface area (TPSA) is 81.2 Å². The van der Waals surface area contributed by atoms with Gasteiger partial charge >= 0.3 is 17.8 Å². The number of hydrogen-bond acceptors (Lipinski definition) is 4. The Morgan fingerprint density at radius 3 is 2.44 bits per heavy atom. The van der Waals surface area contributed by atoms with Gasteiger partial charge in [-0.2, -0.15) is 13.2 Å². The van der Waals surface area contributed by atoms with Crippen LogP contribution in [0.15, 0.2) is 24.3 Å². The number of alkyl halides is 3. The van der Waals surface area contributed by atoms with Crippen molar-refractivity contribution in [3.05, 3.63) is 34.9 Å². The molecule has 0 aliphatic rings. The minimum Gasteiger partial charge on any atom is -0.460 e. The predicted molar refractivity (Wildman–Crippen MR) is 83.0 cm³/mol. The molecule has 1 amide bonds. The lowest BCUT2D eigenvalue weighted by atomic mass is 10.1. The highest BCUT2D eigenvalue weighted by atomic mass is 35.5. The van der Waals surface area contributed by atoms with Crippen LogP contribution in [0, 0.1) is 0 Å². The monoisotopic (exact) mass is 383 g/mol. The van der Waals surface area contributed by atoms with Gasteiger partial charge in [0.25, 0.3) is 5.91 Å². The Bertz CT molecular complexity index is 613. The van der Waals surface area contributed by atoms with Crippen LogP contribution in [0.2, 0.25) is 5.02 Å². The highest BCUT2D eigenvalue weighted by Crippen LogP contribution is 2.27. The number of quaternary nitrogens is 1. The number of hydrogen-bond donors (Lipinski definition) is 2. The first-order chi connectivity index (χ1) is 11.7. The number of nitrogens with two attached hydrogens (primary N) is 1. The highest BCUT2D eigenvalue weighted by molar-refractivity contribution is 6.33. The lowest BCUT2D eigenvalue weighted by Crippen LogP contribution is -3.07. The first-order valence-corrected chi connectivity index (χ1v) is 7.71. The zero-order valence-corrected chi connectivity index (χ0v) is 14.4. The number of amides is 1. The van der Waals surface area contributed by atoms with Crippen LogP contribution in [0.1, 0.15) is 17.3 Å². The Kier molecular flexibility index (Phi) is 7.65. The second kappa shape index (κ2) is 9.02. The fourth-order valence-electron chi connectivity index (χ4n) is 2.02. The smallest absolute Gasteiger partial charge is 0.460 e. The molecule has 0 fully saturated rings.